The number of aryl methyl sites for hydroxylation is 2. The van der Waals surface area contributed by atoms with E-state index in [1.54, 1.807) is 29.3 Å². The number of H-pyrrole nitrogens is 1. The summed E-state index contributed by atoms with van der Waals surface area (Å²) >= 11 is 1.70. The van der Waals surface area contributed by atoms with Gasteiger partial charge in [-0.25, -0.2) is 14.5 Å². The zero-order chi connectivity index (χ0) is 19.3. The normalized spacial score (nSPS) is 11.5. The zero-order valence-corrected chi connectivity index (χ0v) is 16.5. The van der Waals surface area contributed by atoms with Gasteiger partial charge >= 0.3 is 0 Å². The van der Waals surface area contributed by atoms with Crippen molar-refractivity contribution in [2.24, 2.45) is 0 Å². The summed E-state index contributed by atoms with van der Waals surface area (Å²) in [5.74, 6) is 1.42. The van der Waals surface area contributed by atoms with Crippen molar-refractivity contribution in [1.29, 1.82) is 0 Å². The molecule has 0 fully saturated rings. The van der Waals surface area contributed by atoms with Crippen LogP contribution in [0.15, 0.2) is 36.7 Å². The number of nitrogens with zero attached hydrogens (tertiary/aromatic N) is 5. The van der Waals surface area contributed by atoms with Gasteiger partial charge in [0, 0.05) is 10.4 Å². The monoisotopic (exact) mass is 390 g/mol. The van der Waals surface area contributed by atoms with Gasteiger partial charge in [-0.3, -0.25) is 5.10 Å². The molecule has 4 heterocycles. The molecule has 0 unspecified atom stereocenters. The highest BCUT2D eigenvalue weighted by Gasteiger charge is 2.17. The van der Waals surface area contributed by atoms with Crippen molar-refractivity contribution < 1.29 is 4.74 Å². The molecule has 0 spiro atoms. The Kier molecular flexibility index (Phi) is 3.87. The fourth-order valence-electron chi connectivity index (χ4n) is 3.45. The van der Waals surface area contributed by atoms with E-state index in [1.807, 2.05) is 30.3 Å². The number of benzene rings is 1. The van der Waals surface area contributed by atoms with E-state index in [1.165, 1.54) is 10.4 Å². The fourth-order valence-corrected chi connectivity index (χ4v) is 4.53. The van der Waals surface area contributed by atoms with Crippen LogP contribution in [-0.4, -0.2) is 36.9 Å². The van der Waals surface area contributed by atoms with E-state index in [2.05, 4.69) is 34.1 Å². The third kappa shape index (κ3) is 2.56. The molecular weight excluding hydrogens is 372 g/mol. The number of hydrogen-bond acceptors (Lipinski definition) is 6. The van der Waals surface area contributed by atoms with E-state index in [0.717, 1.165) is 45.0 Å². The molecule has 0 saturated heterocycles. The Labute approximate surface area is 165 Å². The largest absolute Gasteiger partial charge is 0.497 e. The van der Waals surface area contributed by atoms with Gasteiger partial charge in [-0.2, -0.15) is 5.10 Å². The van der Waals surface area contributed by atoms with E-state index in [-0.39, 0.29) is 0 Å². The Morgan fingerprint density at radius 2 is 2.04 bits per heavy atom. The minimum absolute atomic E-state index is 0.604. The lowest BCUT2D eigenvalue weighted by Gasteiger charge is -1.99. The number of methoxy groups -OCH3 is 1. The summed E-state index contributed by atoms with van der Waals surface area (Å²) in [7, 11) is 1.65. The molecule has 0 aliphatic rings. The van der Waals surface area contributed by atoms with Gasteiger partial charge in [-0.05, 0) is 49.2 Å². The van der Waals surface area contributed by atoms with Gasteiger partial charge in [0.15, 0.2) is 11.5 Å². The van der Waals surface area contributed by atoms with Crippen molar-refractivity contribution in [3.8, 4) is 28.5 Å². The van der Waals surface area contributed by atoms with Crippen LogP contribution in [0.2, 0.25) is 0 Å². The summed E-state index contributed by atoms with van der Waals surface area (Å²) in [6.45, 7) is 4.29. The van der Waals surface area contributed by atoms with Crippen LogP contribution in [0.4, 0.5) is 0 Å². The lowest BCUT2D eigenvalue weighted by Crippen LogP contribution is -1.91. The molecule has 0 aliphatic heterocycles. The molecule has 1 N–H and O–H groups in total. The van der Waals surface area contributed by atoms with Gasteiger partial charge in [0.25, 0.3) is 0 Å². The molecule has 0 radical (unpaired) electrons. The Bertz CT molecular complexity index is 1300. The maximum atomic E-state index is 5.21. The third-order valence-corrected chi connectivity index (χ3v) is 5.94. The van der Waals surface area contributed by atoms with Crippen molar-refractivity contribution in [3.05, 3.63) is 47.1 Å². The molecule has 28 heavy (non-hydrogen) atoms. The summed E-state index contributed by atoms with van der Waals surface area (Å²) in [4.78, 5) is 11.6. The molecule has 5 rings (SSSR count). The molecule has 7 nitrogen and oxygen atoms in total. The predicted molar refractivity (Wildman–Crippen MR) is 110 cm³/mol. The van der Waals surface area contributed by atoms with Gasteiger partial charge in [-0.15, -0.1) is 16.4 Å². The molecule has 8 heteroatoms. The van der Waals surface area contributed by atoms with E-state index < -0.39 is 0 Å². The Morgan fingerprint density at radius 1 is 1.21 bits per heavy atom. The van der Waals surface area contributed by atoms with Crippen molar-refractivity contribution >= 4 is 27.2 Å². The van der Waals surface area contributed by atoms with Crippen LogP contribution >= 0.6 is 11.3 Å². The quantitative estimate of drug-likeness (QED) is 0.495. The first-order valence-corrected chi connectivity index (χ1v) is 9.83. The minimum atomic E-state index is 0.604. The summed E-state index contributed by atoms with van der Waals surface area (Å²) in [5.41, 5.74) is 4.73. The molecule has 4 aromatic heterocycles. The highest BCUT2D eigenvalue weighted by molar-refractivity contribution is 7.18. The Hall–Kier alpha value is -3.26. The fraction of sp³-hybridized carbons (Fsp3) is 0.200. The second-order valence-electron chi connectivity index (χ2n) is 6.51. The maximum absolute atomic E-state index is 5.21. The average Bonchev–Trinajstić information content (AvgIpc) is 3.43. The highest BCUT2D eigenvalue weighted by atomic mass is 32.1. The number of rotatable bonds is 4. The molecule has 0 aliphatic carbocycles. The molecule has 0 bridgehead atoms. The lowest BCUT2D eigenvalue weighted by atomic mass is 10.1. The van der Waals surface area contributed by atoms with Crippen LogP contribution in [0.25, 0.3) is 38.6 Å². The van der Waals surface area contributed by atoms with Crippen molar-refractivity contribution in [2.75, 3.05) is 7.11 Å². The molecule has 0 amide bonds. The van der Waals surface area contributed by atoms with Crippen LogP contribution in [0.5, 0.6) is 5.75 Å². The van der Waals surface area contributed by atoms with Crippen LogP contribution in [0.1, 0.15) is 17.4 Å². The number of aromatic amines is 1. The lowest BCUT2D eigenvalue weighted by molar-refractivity contribution is 0.415. The first kappa shape index (κ1) is 16.9. The number of aromatic nitrogens is 6. The standard InChI is InChI=1S/C20H18N6OS/c1-4-14-11(2)28-20-17(14)19-22-18(25-26(19)10-21-20)16-9-15(23-24-16)12-5-7-13(27-3)8-6-12/h5-10H,4H2,1-3H3,(H,23,24). The van der Waals surface area contributed by atoms with E-state index in [9.17, 15) is 0 Å². The van der Waals surface area contributed by atoms with Crippen LogP contribution < -0.4 is 4.74 Å². The van der Waals surface area contributed by atoms with Gasteiger partial charge in [-0.1, -0.05) is 6.92 Å². The second-order valence-corrected chi connectivity index (χ2v) is 7.72. The van der Waals surface area contributed by atoms with Crippen LogP contribution in [0.3, 0.4) is 0 Å². The molecule has 0 saturated carbocycles. The first-order chi connectivity index (χ1) is 13.7. The third-order valence-electron chi connectivity index (χ3n) is 4.89. The van der Waals surface area contributed by atoms with Gasteiger partial charge in [0.1, 0.15) is 22.6 Å². The number of fused-ring (bicyclic) bond motifs is 3. The van der Waals surface area contributed by atoms with Gasteiger partial charge in [0.2, 0.25) is 0 Å². The van der Waals surface area contributed by atoms with Crippen molar-refractivity contribution in [2.45, 2.75) is 20.3 Å². The van der Waals surface area contributed by atoms with Crippen LogP contribution in [0, 0.1) is 6.92 Å². The van der Waals surface area contributed by atoms with E-state index >= 15 is 0 Å². The van der Waals surface area contributed by atoms with E-state index in [4.69, 9.17) is 9.72 Å². The summed E-state index contributed by atoms with van der Waals surface area (Å²) < 4.78 is 6.96. The SMILES string of the molecule is CCc1c(C)sc2ncn3nc(-c4cc(-c5ccc(OC)cc5)n[nH]4)nc3c12. The maximum Gasteiger partial charge on any atom is 0.200 e. The highest BCUT2D eigenvalue weighted by Crippen LogP contribution is 2.33. The molecular formula is C20H18N6OS. The topological polar surface area (TPSA) is 81.0 Å². The molecule has 1 aromatic carbocycles. The van der Waals surface area contributed by atoms with Gasteiger partial charge in [0.05, 0.1) is 18.2 Å². The van der Waals surface area contributed by atoms with Gasteiger partial charge < -0.3 is 4.74 Å². The van der Waals surface area contributed by atoms with E-state index in [0.29, 0.717) is 5.82 Å². The Balaban J connectivity index is 1.60. The average molecular weight is 390 g/mol. The minimum Gasteiger partial charge on any atom is -0.497 e. The summed E-state index contributed by atoms with van der Waals surface area (Å²) in [6, 6.07) is 9.75. The number of thiophene rings is 1. The molecule has 0 atom stereocenters. The Morgan fingerprint density at radius 3 is 2.79 bits per heavy atom. The summed E-state index contributed by atoms with van der Waals surface area (Å²) in [6.07, 6.45) is 2.67. The van der Waals surface area contributed by atoms with Crippen molar-refractivity contribution in [1.82, 2.24) is 29.8 Å². The number of nitrogens with one attached hydrogen (secondary N) is 1. The molecule has 5 aromatic rings. The zero-order valence-electron chi connectivity index (χ0n) is 15.7. The van der Waals surface area contributed by atoms with Crippen molar-refractivity contribution in [3.63, 3.8) is 0 Å². The second kappa shape index (κ2) is 6.42. The molecule has 140 valence electrons. The number of ether oxygens (including phenoxy) is 1. The smallest absolute Gasteiger partial charge is 0.200 e. The number of hydrogen-bond donors (Lipinski definition) is 1. The first-order valence-electron chi connectivity index (χ1n) is 9.01. The predicted octanol–water partition coefficient (Wildman–Crippen LogP) is 4.28. The summed E-state index contributed by atoms with van der Waals surface area (Å²) in [5, 5.41) is 13.2. The van der Waals surface area contributed by atoms with Crippen LogP contribution in [-0.2, 0) is 6.42 Å².